The van der Waals surface area contributed by atoms with Crippen molar-refractivity contribution in [1.82, 2.24) is 0 Å². The van der Waals surface area contributed by atoms with Crippen LogP contribution in [0.4, 0.5) is 51.2 Å². The lowest BCUT2D eigenvalue weighted by molar-refractivity contribution is 0.360. The van der Waals surface area contributed by atoms with Crippen molar-refractivity contribution in [3.05, 3.63) is 512 Å². The number of thiophene rings is 2. The summed E-state index contributed by atoms with van der Waals surface area (Å²) in [5.41, 5.74) is 25.4. The second kappa shape index (κ2) is 31.0. The molecule has 2 atom stereocenters. The highest BCUT2D eigenvalue weighted by atomic mass is 32.1. The van der Waals surface area contributed by atoms with Gasteiger partial charge in [-0.15, -0.1) is 22.7 Å². The average molecular weight is 1730 g/mol. The Hall–Kier alpha value is -16.8. The normalized spacial score (nSPS) is 14.5. The fraction of sp³-hybridized carbons (Fsp3) is 0.0164. The van der Waals surface area contributed by atoms with Crippen LogP contribution in [0.1, 0.15) is 44.5 Å². The molecule has 3 aromatic heterocycles. The van der Waals surface area contributed by atoms with Crippen molar-refractivity contribution in [2.75, 3.05) is 14.7 Å². The van der Waals surface area contributed by atoms with Gasteiger partial charge in [-0.05, 0) is 219 Å². The van der Waals surface area contributed by atoms with Crippen molar-refractivity contribution in [2.24, 2.45) is 0 Å². The molecular weight excluding hydrogens is 1650 g/mol. The molecule has 2 unspecified atom stereocenters. The minimum absolute atomic E-state index is 0.700. The summed E-state index contributed by atoms with van der Waals surface area (Å²) in [7, 11) is 0. The number of nitrogens with zero attached hydrogens (tertiary/aromatic N) is 3. The molecule has 2 aliphatic heterocycles. The molecule has 0 fully saturated rings. The number of rotatable bonds is 14. The number of ether oxygens (including phenoxy) is 4. The Morgan fingerprint density at radius 1 is 0.205 bits per heavy atom. The summed E-state index contributed by atoms with van der Waals surface area (Å²) in [6.07, 6.45) is 0. The predicted molar refractivity (Wildman–Crippen MR) is 543 cm³/mol. The molecule has 132 heavy (non-hydrogen) atoms. The van der Waals surface area contributed by atoms with Crippen LogP contribution in [-0.4, -0.2) is 0 Å². The maximum absolute atomic E-state index is 7.38. The third-order valence-electron chi connectivity index (χ3n) is 26.8. The molecule has 0 saturated carbocycles. The molecule has 27 rings (SSSR count). The Bertz CT molecular complexity index is 8490. The van der Waals surface area contributed by atoms with Gasteiger partial charge in [0, 0.05) is 108 Å². The SMILES string of the molecule is c1ccc(-c2ccc(N(c3ccccc3)c3cccc4c3oc3c(C5(c6ccccc6)c6ccccc6-c6c5ccc5c6Oc6ccccc6O5)cccc34)cc2)cc1.c1ccc(N(c2ccc(C3(c4cccc(N(c5ccccc5)c5cccc6sc7ccccc7c56)c4)c4ccccc4-c4c3ccc3c4Oc4ccccc4O3)cc2)c2ccc3sc4ccccc4c3c2)cc1. The van der Waals surface area contributed by atoms with E-state index < -0.39 is 10.8 Å². The molecule has 2 aliphatic carbocycles. The maximum Gasteiger partial charge on any atom is 0.178 e. The van der Waals surface area contributed by atoms with E-state index in [1.54, 1.807) is 0 Å². The van der Waals surface area contributed by atoms with Crippen molar-refractivity contribution >= 4 is 136 Å². The Morgan fingerprint density at radius 2 is 0.598 bits per heavy atom. The van der Waals surface area contributed by atoms with Crippen molar-refractivity contribution in [1.29, 1.82) is 0 Å². The van der Waals surface area contributed by atoms with Gasteiger partial charge in [0.05, 0.1) is 22.2 Å². The third-order valence-corrected chi connectivity index (χ3v) is 29.1. The standard InChI is InChI=1S/C67H42N2O2S2.C55H35NO3/c1-3-18-45(19-4-1)68(49-37-40-62-53(42-49)50-23-8-13-30-60(50)72-62)47-35-33-43(34-36-47)67(54-26-10-7-24-51(54)64-55(67)38-39-59-66(64)71-58-29-12-11-28-57(58)70-59)44-17-15-22-48(41-44)69(46-20-5-2-6-21-46)56-27-16-32-63-65(56)52-25-9-14-31-61(52)73-63;1-4-16-36(17-5-1)37-30-32-40(33-31-37)56(39-20-8-3-9-21-39)47-27-15-24-42-41-23-14-26-46(52(41)59-53(42)47)55(38-18-6-2-7-19-38)44-25-11-10-22-43(44)51-45(55)34-35-50-54(51)58-49-29-13-12-28-48(49)57-50/h1-42H;1-35H. The Labute approximate surface area is 770 Å². The Balaban J connectivity index is 0.000000142. The first kappa shape index (κ1) is 76.5. The lowest BCUT2D eigenvalue weighted by Crippen LogP contribution is -2.29. The quantitative estimate of drug-likeness (QED) is 0.107. The van der Waals surface area contributed by atoms with Gasteiger partial charge in [0.2, 0.25) is 0 Å². The first-order valence-electron chi connectivity index (χ1n) is 44.6. The lowest BCUT2D eigenvalue weighted by Gasteiger charge is -2.36. The Kier molecular flexibility index (Phi) is 18.0. The van der Waals surface area contributed by atoms with Crippen LogP contribution in [0.5, 0.6) is 46.0 Å². The monoisotopic (exact) mass is 1730 g/mol. The van der Waals surface area contributed by atoms with Gasteiger partial charge >= 0.3 is 0 Å². The summed E-state index contributed by atoms with van der Waals surface area (Å²) in [5, 5.41) is 7.15. The number of anilines is 9. The van der Waals surface area contributed by atoms with Gasteiger partial charge in [-0.3, -0.25) is 0 Å². The van der Waals surface area contributed by atoms with Gasteiger partial charge in [0.25, 0.3) is 0 Å². The van der Waals surface area contributed by atoms with E-state index in [-0.39, 0.29) is 0 Å². The summed E-state index contributed by atoms with van der Waals surface area (Å²) in [6, 6.07) is 167. The van der Waals surface area contributed by atoms with Gasteiger partial charge in [-0.25, -0.2) is 0 Å². The molecule has 8 nitrogen and oxygen atoms in total. The number of hydrogen-bond acceptors (Lipinski definition) is 10. The second-order valence-corrected chi connectivity index (χ2v) is 36.0. The molecule has 20 aromatic carbocycles. The van der Waals surface area contributed by atoms with Crippen LogP contribution >= 0.6 is 22.7 Å². The number of para-hydroxylation sites is 9. The molecule has 23 aromatic rings. The van der Waals surface area contributed by atoms with Crippen LogP contribution in [0.25, 0.3) is 95.7 Å². The van der Waals surface area contributed by atoms with E-state index in [4.69, 9.17) is 23.4 Å². The molecule has 5 heterocycles. The van der Waals surface area contributed by atoms with E-state index in [0.717, 1.165) is 146 Å². The number of fused-ring (bicyclic) bond motifs is 21. The highest BCUT2D eigenvalue weighted by Crippen LogP contribution is 2.66. The summed E-state index contributed by atoms with van der Waals surface area (Å²) in [6.45, 7) is 0. The molecule has 0 amide bonds. The third kappa shape index (κ3) is 12.0. The molecule has 0 radical (unpaired) electrons. The van der Waals surface area contributed by atoms with Crippen LogP contribution in [0, 0.1) is 0 Å². The lowest BCUT2D eigenvalue weighted by atomic mass is 9.67. The summed E-state index contributed by atoms with van der Waals surface area (Å²) in [5.74, 6) is 5.67. The highest BCUT2D eigenvalue weighted by Gasteiger charge is 2.52. The highest BCUT2D eigenvalue weighted by molar-refractivity contribution is 7.26. The topological polar surface area (TPSA) is 59.8 Å². The van der Waals surface area contributed by atoms with Crippen LogP contribution in [0.2, 0.25) is 0 Å². The van der Waals surface area contributed by atoms with Gasteiger partial charge < -0.3 is 38.1 Å². The van der Waals surface area contributed by atoms with Crippen LogP contribution in [0.15, 0.2) is 472 Å². The molecule has 0 spiro atoms. The van der Waals surface area contributed by atoms with E-state index in [2.05, 4.69) is 433 Å². The summed E-state index contributed by atoms with van der Waals surface area (Å²) < 4.78 is 39.4. The minimum atomic E-state index is -0.786. The van der Waals surface area contributed by atoms with Crippen molar-refractivity contribution in [3.8, 4) is 79.4 Å². The van der Waals surface area contributed by atoms with Gasteiger partial charge in [-0.1, -0.05) is 309 Å². The van der Waals surface area contributed by atoms with Crippen molar-refractivity contribution in [2.45, 2.75) is 10.8 Å². The van der Waals surface area contributed by atoms with Gasteiger partial charge in [-0.2, -0.15) is 0 Å². The fourth-order valence-electron chi connectivity index (χ4n) is 21.2. The van der Waals surface area contributed by atoms with Crippen LogP contribution in [-0.2, 0) is 10.8 Å². The number of benzene rings is 20. The first-order chi connectivity index (χ1) is 65.5. The first-order valence-corrected chi connectivity index (χ1v) is 46.3. The van der Waals surface area contributed by atoms with E-state index >= 15 is 0 Å². The molecule has 0 bridgehead atoms. The average Bonchev–Trinajstić information content (AvgIpc) is 1.52. The largest absolute Gasteiger partial charge is 0.453 e. The van der Waals surface area contributed by atoms with E-state index in [1.165, 1.54) is 57.0 Å². The zero-order chi connectivity index (χ0) is 87.0. The van der Waals surface area contributed by atoms with Crippen molar-refractivity contribution in [3.63, 3.8) is 0 Å². The van der Waals surface area contributed by atoms with E-state index in [0.29, 0.717) is 34.5 Å². The second-order valence-electron chi connectivity index (χ2n) is 33.9. The smallest absolute Gasteiger partial charge is 0.178 e. The molecular formula is C122H77N3O5S2. The minimum Gasteiger partial charge on any atom is -0.453 e. The summed E-state index contributed by atoms with van der Waals surface area (Å²) >= 11 is 3.69. The van der Waals surface area contributed by atoms with E-state index in [1.807, 2.05) is 71.2 Å². The van der Waals surface area contributed by atoms with E-state index in [9.17, 15) is 0 Å². The summed E-state index contributed by atoms with van der Waals surface area (Å²) in [4.78, 5) is 7.12. The van der Waals surface area contributed by atoms with Crippen LogP contribution < -0.4 is 33.6 Å². The Morgan fingerprint density at radius 3 is 1.24 bits per heavy atom. The maximum atomic E-state index is 7.38. The zero-order valence-electron chi connectivity index (χ0n) is 71.2. The fourth-order valence-corrected chi connectivity index (χ4v) is 23.4. The number of furan rings is 1. The van der Waals surface area contributed by atoms with Crippen molar-refractivity contribution < 1.29 is 23.4 Å². The molecule has 10 heteroatoms. The molecule has 0 saturated heterocycles. The predicted octanol–water partition coefficient (Wildman–Crippen LogP) is 34.6. The molecule has 622 valence electrons. The van der Waals surface area contributed by atoms with Gasteiger partial charge in [0.15, 0.2) is 51.6 Å². The molecule has 0 N–H and O–H groups in total. The number of hydrogen-bond donors (Lipinski definition) is 0. The zero-order valence-corrected chi connectivity index (χ0v) is 72.8. The molecule has 4 aliphatic rings. The van der Waals surface area contributed by atoms with Crippen LogP contribution in [0.3, 0.4) is 0 Å². The van der Waals surface area contributed by atoms with Gasteiger partial charge in [0.1, 0.15) is 5.58 Å².